The van der Waals surface area contributed by atoms with E-state index in [0.717, 1.165) is 22.4 Å². The molecule has 0 atom stereocenters. The molecule has 2 amide bonds. The second-order valence-corrected chi connectivity index (χ2v) is 6.55. The topological polar surface area (TPSA) is 71.1 Å². The first-order chi connectivity index (χ1) is 12.9. The molecule has 27 heavy (non-hydrogen) atoms. The molecule has 3 aromatic rings. The van der Waals surface area contributed by atoms with Crippen LogP contribution in [0.5, 0.6) is 0 Å². The molecule has 0 saturated heterocycles. The lowest BCUT2D eigenvalue weighted by Gasteiger charge is -2.10. The molecular formula is C22H21N3O2. The predicted octanol–water partition coefficient (Wildman–Crippen LogP) is 4.51. The van der Waals surface area contributed by atoms with Crippen LogP contribution >= 0.6 is 0 Å². The molecule has 0 bridgehead atoms. The summed E-state index contributed by atoms with van der Waals surface area (Å²) in [4.78, 5) is 29.1. The highest BCUT2D eigenvalue weighted by Gasteiger charge is 2.13. The van der Waals surface area contributed by atoms with Crippen LogP contribution in [0.1, 0.15) is 37.4 Å². The molecule has 5 nitrogen and oxygen atoms in total. The summed E-state index contributed by atoms with van der Waals surface area (Å²) >= 11 is 0. The molecular weight excluding hydrogens is 338 g/mol. The van der Waals surface area contributed by atoms with Gasteiger partial charge < -0.3 is 10.6 Å². The maximum Gasteiger partial charge on any atom is 0.257 e. The number of hydrogen-bond donors (Lipinski definition) is 2. The Morgan fingerprint density at radius 2 is 1.33 bits per heavy atom. The van der Waals surface area contributed by atoms with Crippen molar-refractivity contribution in [3.05, 3.63) is 88.7 Å². The van der Waals surface area contributed by atoms with Gasteiger partial charge in [-0.2, -0.15) is 0 Å². The number of anilines is 2. The molecule has 0 saturated carbocycles. The third-order valence-electron chi connectivity index (χ3n) is 4.21. The Hall–Kier alpha value is -3.47. The molecule has 1 aromatic heterocycles. The van der Waals surface area contributed by atoms with Crippen molar-refractivity contribution in [1.29, 1.82) is 0 Å². The van der Waals surface area contributed by atoms with Crippen LogP contribution in [-0.2, 0) is 0 Å². The third-order valence-corrected chi connectivity index (χ3v) is 4.21. The molecule has 0 aliphatic carbocycles. The molecule has 0 radical (unpaired) electrons. The van der Waals surface area contributed by atoms with Crippen LogP contribution < -0.4 is 10.6 Å². The van der Waals surface area contributed by atoms with Gasteiger partial charge >= 0.3 is 0 Å². The van der Waals surface area contributed by atoms with Crippen molar-refractivity contribution >= 4 is 23.2 Å². The third kappa shape index (κ3) is 4.58. The van der Waals surface area contributed by atoms with Gasteiger partial charge in [0.15, 0.2) is 0 Å². The summed E-state index contributed by atoms with van der Waals surface area (Å²) in [5.74, 6) is -0.617. The summed E-state index contributed by atoms with van der Waals surface area (Å²) in [5.41, 5.74) is 5.22. The van der Waals surface area contributed by atoms with Crippen LogP contribution in [0.3, 0.4) is 0 Å². The number of aromatic nitrogens is 1. The van der Waals surface area contributed by atoms with Crippen LogP contribution in [0.4, 0.5) is 11.4 Å². The van der Waals surface area contributed by atoms with E-state index in [9.17, 15) is 9.59 Å². The average Bonchev–Trinajstić information content (AvgIpc) is 2.66. The van der Waals surface area contributed by atoms with Crippen LogP contribution in [0.15, 0.2) is 60.9 Å². The van der Waals surface area contributed by atoms with Crippen LogP contribution in [0.25, 0.3) is 0 Å². The summed E-state index contributed by atoms with van der Waals surface area (Å²) in [6.45, 7) is 5.87. The van der Waals surface area contributed by atoms with E-state index in [1.165, 1.54) is 18.5 Å². The van der Waals surface area contributed by atoms with Crippen molar-refractivity contribution in [1.82, 2.24) is 4.98 Å². The smallest absolute Gasteiger partial charge is 0.257 e. The number of rotatable bonds is 4. The van der Waals surface area contributed by atoms with E-state index in [2.05, 4.69) is 15.6 Å². The zero-order valence-corrected chi connectivity index (χ0v) is 15.5. The van der Waals surface area contributed by atoms with Gasteiger partial charge in [-0.25, -0.2) is 0 Å². The highest BCUT2D eigenvalue weighted by atomic mass is 16.2. The second kappa shape index (κ2) is 7.83. The fourth-order valence-electron chi connectivity index (χ4n) is 2.59. The monoisotopic (exact) mass is 359 g/mol. The van der Waals surface area contributed by atoms with E-state index in [4.69, 9.17) is 0 Å². The molecule has 0 spiro atoms. The van der Waals surface area contributed by atoms with Gasteiger partial charge in [-0.3, -0.25) is 14.6 Å². The number of hydrogen-bond acceptors (Lipinski definition) is 3. The van der Waals surface area contributed by atoms with Gasteiger partial charge in [0, 0.05) is 23.8 Å². The number of aryl methyl sites for hydroxylation is 3. The highest BCUT2D eigenvalue weighted by molar-refractivity contribution is 6.08. The van der Waals surface area contributed by atoms with Crippen molar-refractivity contribution in [3.8, 4) is 0 Å². The highest BCUT2D eigenvalue weighted by Crippen LogP contribution is 2.18. The first-order valence-corrected chi connectivity index (χ1v) is 8.64. The van der Waals surface area contributed by atoms with Crippen molar-refractivity contribution < 1.29 is 9.59 Å². The maximum atomic E-state index is 12.6. The Labute approximate surface area is 158 Å². The first kappa shape index (κ1) is 18.3. The van der Waals surface area contributed by atoms with Gasteiger partial charge in [0.25, 0.3) is 11.8 Å². The molecule has 5 heteroatoms. The van der Waals surface area contributed by atoms with Crippen molar-refractivity contribution in [2.24, 2.45) is 0 Å². The maximum absolute atomic E-state index is 12.6. The summed E-state index contributed by atoms with van der Waals surface area (Å²) < 4.78 is 0. The Balaban J connectivity index is 1.76. The molecule has 0 fully saturated rings. The molecule has 2 aromatic carbocycles. The number of pyridine rings is 1. The number of nitrogens with zero attached hydrogens (tertiary/aromatic N) is 1. The number of nitrogens with one attached hydrogen (secondary N) is 2. The van der Waals surface area contributed by atoms with Crippen molar-refractivity contribution in [2.45, 2.75) is 20.8 Å². The Morgan fingerprint density at radius 3 is 2.00 bits per heavy atom. The van der Waals surface area contributed by atoms with E-state index in [1.807, 2.05) is 63.2 Å². The summed E-state index contributed by atoms with van der Waals surface area (Å²) in [6, 6.07) is 14.9. The molecule has 0 unspecified atom stereocenters. The van der Waals surface area contributed by atoms with Gasteiger partial charge in [0.2, 0.25) is 0 Å². The Morgan fingerprint density at radius 1 is 0.741 bits per heavy atom. The van der Waals surface area contributed by atoms with Gasteiger partial charge in [-0.15, -0.1) is 0 Å². The normalized spacial score (nSPS) is 10.3. The fourth-order valence-corrected chi connectivity index (χ4v) is 2.59. The predicted molar refractivity (Wildman–Crippen MR) is 107 cm³/mol. The lowest BCUT2D eigenvalue weighted by atomic mass is 10.1. The molecule has 136 valence electrons. The van der Waals surface area contributed by atoms with Crippen LogP contribution in [-0.4, -0.2) is 16.8 Å². The van der Waals surface area contributed by atoms with E-state index >= 15 is 0 Å². The van der Waals surface area contributed by atoms with Gasteiger partial charge in [-0.05, 0) is 56.2 Å². The quantitative estimate of drug-likeness (QED) is 0.720. The molecule has 0 aliphatic heterocycles. The van der Waals surface area contributed by atoms with Crippen LogP contribution in [0, 0.1) is 20.8 Å². The Kier molecular flexibility index (Phi) is 5.31. The zero-order valence-electron chi connectivity index (χ0n) is 15.5. The second-order valence-electron chi connectivity index (χ2n) is 6.55. The number of carbonyl (C=O) groups is 2. The summed E-state index contributed by atoms with van der Waals surface area (Å²) in [5, 5.41) is 5.69. The summed E-state index contributed by atoms with van der Waals surface area (Å²) in [7, 11) is 0. The van der Waals surface area contributed by atoms with Gasteiger partial charge in [-0.1, -0.05) is 29.8 Å². The minimum atomic E-state index is -0.312. The lowest BCUT2D eigenvalue weighted by molar-refractivity contribution is 0.102. The van der Waals surface area contributed by atoms with Crippen LogP contribution in [0.2, 0.25) is 0 Å². The summed E-state index contributed by atoms with van der Waals surface area (Å²) in [6.07, 6.45) is 2.89. The van der Waals surface area contributed by atoms with Gasteiger partial charge in [0.05, 0.1) is 11.1 Å². The molecule has 0 aliphatic rings. The van der Waals surface area contributed by atoms with Gasteiger partial charge in [0.1, 0.15) is 0 Å². The van der Waals surface area contributed by atoms with E-state index in [-0.39, 0.29) is 11.8 Å². The SMILES string of the molecule is Cc1ccc(NC(=O)c2cncc(C(=O)Nc3cc(C)ccc3C)c2)cc1. The van der Waals surface area contributed by atoms with E-state index in [0.29, 0.717) is 16.8 Å². The molecule has 1 heterocycles. The minimum Gasteiger partial charge on any atom is -0.322 e. The molecule has 2 N–H and O–H groups in total. The number of carbonyl (C=O) groups excluding carboxylic acids is 2. The number of benzene rings is 2. The van der Waals surface area contributed by atoms with Crippen molar-refractivity contribution in [2.75, 3.05) is 10.6 Å². The van der Waals surface area contributed by atoms with Crippen molar-refractivity contribution in [3.63, 3.8) is 0 Å². The standard InChI is InChI=1S/C22H21N3O2/c1-14-5-8-19(9-6-14)24-21(26)17-11-18(13-23-12-17)22(27)25-20-10-15(2)4-7-16(20)3/h4-13H,1-3H3,(H,24,26)(H,25,27). The van der Waals surface area contributed by atoms with E-state index < -0.39 is 0 Å². The number of amides is 2. The largest absolute Gasteiger partial charge is 0.322 e. The minimum absolute atomic E-state index is 0.304. The Bertz CT molecular complexity index is 995. The average molecular weight is 359 g/mol. The van der Waals surface area contributed by atoms with E-state index in [1.54, 1.807) is 0 Å². The molecule has 3 rings (SSSR count). The lowest BCUT2D eigenvalue weighted by Crippen LogP contribution is -2.16. The first-order valence-electron chi connectivity index (χ1n) is 8.64. The fraction of sp³-hybridized carbons (Fsp3) is 0.136. The zero-order chi connectivity index (χ0) is 19.4.